The maximum Gasteiger partial charge on any atom is 0.0109 e. The Labute approximate surface area is 95.6 Å². The van der Waals surface area contributed by atoms with Crippen LogP contribution in [0.4, 0.5) is 0 Å². The lowest BCUT2D eigenvalue weighted by Crippen LogP contribution is -2.35. The molecule has 0 aliphatic heterocycles. The molecule has 0 radical (unpaired) electrons. The van der Waals surface area contributed by atoms with E-state index in [0.29, 0.717) is 0 Å². The third-order valence-electron chi connectivity index (χ3n) is 2.42. The van der Waals surface area contributed by atoms with Crippen molar-refractivity contribution in [3.8, 4) is 0 Å². The Morgan fingerprint density at radius 1 is 1.00 bits per heavy atom. The second kappa shape index (κ2) is 9.13. The molecular weight excluding hydrogens is 186 g/mol. The molecule has 0 fully saturated rings. The molecule has 15 heavy (non-hydrogen) atoms. The monoisotopic (exact) mass is 215 g/mol. The summed E-state index contributed by atoms with van der Waals surface area (Å²) >= 11 is 0. The van der Waals surface area contributed by atoms with Gasteiger partial charge in [-0.3, -0.25) is 0 Å². The van der Waals surface area contributed by atoms with Crippen LogP contribution in [0.3, 0.4) is 0 Å². The maximum atomic E-state index is 5.51. The molecule has 0 saturated carbocycles. The summed E-state index contributed by atoms with van der Waals surface area (Å²) in [6.45, 7) is 10.1. The van der Waals surface area contributed by atoms with E-state index in [9.17, 15) is 0 Å². The highest BCUT2D eigenvalue weighted by Gasteiger charge is 2.06. The summed E-state index contributed by atoms with van der Waals surface area (Å²) in [6.07, 6.45) is 2.38. The molecule has 0 aromatic carbocycles. The van der Waals surface area contributed by atoms with Gasteiger partial charge in [-0.15, -0.1) is 0 Å². The average Bonchev–Trinajstić information content (AvgIpc) is 2.13. The standard InChI is InChI=1S/C12H29N3/c1-12(2)11-15(8-6-5-7-13)10-9-14(3)4/h12H,5-11,13H2,1-4H3. The molecule has 0 bridgehead atoms. The first-order chi connectivity index (χ1) is 7.06. The van der Waals surface area contributed by atoms with Crippen LogP contribution in [0, 0.1) is 5.92 Å². The highest BCUT2D eigenvalue weighted by atomic mass is 15.2. The van der Waals surface area contributed by atoms with Gasteiger partial charge >= 0.3 is 0 Å². The van der Waals surface area contributed by atoms with Crippen molar-refractivity contribution in [3.05, 3.63) is 0 Å². The van der Waals surface area contributed by atoms with Gasteiger partial charge in [-0.1, -0.05) is 13.8 Å². The zero-order valence-electron chi connectivity index (χ0n) is 11.0. The lowest BCUT2D eigenvalue weighted by molar-refractivity contribution is 0.216. The first-order valence-electron chi connectivity index (χ1n) is 6.13. The van der Waals surface area contributed by atoms with Gasteiger partial charge in [0, 0.05) is 19.6 Å². The Morgan fingerprint density at radius 3 is 2.13 bits per heavy atom. The molecule has 3 heteroatoms. The van der Waals surface area contributed by atoms with E-state index in [-0.39, 0.29) is 0 Å². The quantitative estimate of drug-likeness (QED) is 0.588. The first-order valence-corrected chi connectivity index (χ1v) is 6.13. The molecule has 0 atom stereocenters. The van der Waals surface area contributed by atoms with Gasteiger partial charge in [0.05, 0.1) is 0 Å². The van der Waals surface area contributed by atoms with E-state index in [2.05, 4.69) is 37.7 Å². The minimum Gasteiger partial charge on any atom is -0.330 e. The van der Waals surface area contributed by atoms with Gasteiger partial charge in [0.1, 0.15) is 0 Å². The highest BCUT2D eigenvalue weighted by molar-refractivity contribution is 4.62. The van der Waals surface area contributed by atoms with Gasteiger partial charge in [-0.2, -0.15) is 0 Å². The van der Waals surface area contributed by atoms with Gasteiger partial charge in [-0.05, 0) is 45.9 Å². The fraction of sp³-hybridized carbons (Fsp3) is 1.00. The zero-order valence-corrected chi connectivity index (χ0v) is 11.0. The Hall–Kier alpha value is -0.120. The van der Waals surface area contributed by atoms with Crippen LogP contribution in [0.5, 0.6) is 0 Å². The molecule has 2 N–H and O–H groups in total. The minimum atomic E-state index is 0.755. The summed E-state index contributed by atoms with van der Waals surface area (Å²) in [5.74, 6) is 0.755. The summed E-state index contributed by atoms with van der Waals surface area (Å²) in [7, 11) is 4.26. The normalized spacial score (nSPS) is 12.0. The van der Waals surface area contributed by atoms with Crippen LogP contribution in [0.15, 0.2) is 0 Å². The lowest BCUT2D eigenvalue weighted by atomic mass is 10.2. The van der Waals surface area contributed by atoms with Crippen molar-refractivity contribution in [2.24, 2.45) is 11.7 Å². The topological polar surface area (TPSA) is 32.5 Å². The average molecular weight is 215 g/mol. The zero-order chi connectivity index (χ0) is 11.7. The molecule has 0 saturated heterocycles. The molecule has 3 nitrogen and oxygen atoms in total. The Morgan fingerprint density at radius 2 is 1.67 bits per heavy atom. The molecule has 0 amide bonds. The lowest BCUT2D eigenvalue weighted by Gasteiger charge is -2.25. The van der Waals surface area contributed by atoms with E-state index in [1.165, 1.54) is 26.1 Å². The molecule has 0 unspecified atom stereocenters. The number of nitrogens with zero attached hydrogens (tertiary/aromatic N) is 2. The second-order valence-electron chi connectivity index (χ2n) is 4.99. The third kappa shape index (κ3) is 10.2. The van der Waals surface area contributed by atoms with Crippen LogP contribution in [-0.2, 0) is 0 Å². The van der Waals surface area contributed by atoms with Crippen LogP contribution in [0.1, 0.15) is 26.7 Å². The van der Waals surface area contributed by atoms with Crippen LogP contribution >= 0.6 is 0 Å². The van der Waals surface area contributed by atoms with E-state index in [1.54, 1.807) is 0 Å². The third-order valence-corrected chi connectivity index (χ3v) is 2.42. The maximum absolute atomic E-state index is 5.51. The van der Waals surface area contributed by atoms with E-state index in [1.807, 2.05) is 0 Å². The van der Waals surface area contributed by atoms with Crippen molar-refractivity contribution in [1.82, 2.24) is 9.80 Å². The van der Waals surface area contributed by atoms with Crippen molar-refractivity contribution in [1.29, 1.82) is 0 Å². The SMILES string of the molecule is CC(C)CN(CCCCN)CCN(C)C. The molecule has 0 spiro atoms. The first kappa shape index (κ1) is 14.9. The summed E-state index contributed by atoms with van der Waals surface area (Å²) in [5.41, 5.74) is 5.51. The van der Waals surface area contributed by atoms with Crippen molar-refractivity contribution >= 4 is 0 Å². The molecule has 0 rings (SSSR count). The van der Waals surface area contributed by atoms with E-state index in [0.717, 1.165) is 25.4 Å². The molecule has 0 heterocycles. The van der Waals surface area contributed by atoms with Gasteiger partial charge in [0.25, 0.3) is 0 Å². The van der Waals surface area contributed by atoms with Gasteiger partial charge in [0.15, 0.2) is 0 Å². The van der Waals surface area contributed by atoms with Crippen molar-refractivity contribution in [2.75, 3.05) is 46.8 Å². The number of likely N-dealkylation sites (N-methyl/N-ethyl adjacent to an activating group) is 1. The minimum absolute atomic E-state index is 0.755. The van der Waals surface area contributed by atoms with Crippen molar-refractivity contribution in [3.63, 3.8) is 0 Å². The second-order valence-corrected chi connectivity index (χ2v) is 4.99. The largest absolute Gasteiger partial charge is 0.330 e. The van der Waals surface area contributed by atoms with Gasteiger partial charge in [0.2, 0.25) is 0 Å². The van der Waals surface area contributed by atoms with Gasteiger partial charge in [-0.25, -0.2) is 0 Å². The summed E-state index contributed by atoms with van der Waals surface area (Å²) in [5, 5.41) is 0. The van der Waals surface area contributed by atoms with Crippen molar-refractivity contribution in [2.45, 2.75) is 26.7 Å². The van der Waals surface area contributed by atoms with Crippen LogP contribution in [0.25, 0.3) is 0 Å². The van der Waals surface area contributed by atoms with E-state index in [4.69, 9.17) is 5.73 Å². The number of nitrogens with two attached hydrogens (primary N) is 1. The molecular formula is C12H29N3. The Balaban J connectivity index is 3.73. The smallest absolute Gasteiger partial charge is 0.0109 e. The molecule has 0 aliphatic rings. The predicted octanol–water partition coefficient (Wildman–Crippen LogP) is 1.24. The van der Waals surface area contributed by atoms with Crippen LogP contribution in [-0.4, -0.2) is 56.6 Å². The number of rotatable bonds is 9. The van der Waals surface area contributed by atoms with E-state index >= 15 is 0 Å². The highest BCUT2D eigenvalue weighted by Crippen LogP contribution is 2.01. The number of hydrogen-bond acceptors (Lipinski definition) is 3. The van der Waals surface area contributed by atoms with Crippen LogP contribution < -0.4 is 5.73 Å². The molecule has 0 aliphatic carbocycles. The summed E-state index contributed by atoms with van der Waals surface area (Å²) in [6, 6.07) is 0. The van der Waals surface area contributed by atoms with E-state index < -0.39 is 0 Å². The fourth-order valence-corrected chi connectivity index (χ4v) is 1.63. The molecule has 0 aromatic heterocycles. The van der Waals surface area contributed by atoms with Gasteiger partial charge < -0.3 is 15.5 Å². The van der Waals surface area contributed by atoms with Crippen molar-refractivity contribution < 1.29 is 0 Å². The van der Waals surface area contributed by atoms with Crippen LogP contribution in [0.2, 0.25) is 0 Å². The summed E-state index contributed by atoms with van der Waals surface area (Å²) < 4.78 is 0. The predicted molar refractivity (Wildman–Crippen MR) is 68.1 cm³/mol. The Bertz CT molecular complexity index is 135. The molecule has 92 valence electrons. The Kier molecular flexibility index (Phi) is 9.06. The molecule has 0 aromatic rings. The fourth-order valence-electron chi connectivity index (χ4n) is 1.63. The number of unbranched alkanes of at least 4 members (excludes halogenated alkanes) is 1. The summed E-state index contributed by atoms with van der Waals surface area (Å²) in [4.78, 5) is 4.80. The number of hydrogen-bond donors (Lipinski definition) is 1.